The summed E-state index contributed by atoms with van der Waals surface area (Å²) in [4.78, 5) is 25.9. The van der Waals surface area contributed by atoms with Crippen LogP contribution in [0.25, 0.3) is 6.08 Å². The van der Waals surface area contributed by atoms with Gasteiger partial charge in [-0.1, -0.05) is 48.0 Å². The van der Waals surface area contributed by atoms with Crippen molar-refractivity contribution in [1.82, 2.24) is 0 Å². The van der Waals surface area contributed by atoms with Crippen molar-refractivity contribution in [3.8, 4) is 0 Å². The van der Waals surface area contributed by atoms with Crippen molar-refractivity contribution in [3.05, 3.63) is 70.8 Å². The summed E-state index contributed by atoms with van der Waals surface area (Å²) in [7, 11) is 4.42. The average molecular weight is 353 g/mol. The first-order valence-electron chi connectivity index (χ1n) is 8.20. The van der Waals surface area contributed by atoms with Gasteiger partial charge in [0.25, 0.3) is 0 Å². The summed E-state index contributed by atoms with van der Waals surface area (Å²) in [6, 6.07) is 15.8. The maximum Gasteiger partial charge on any atom is 0.345 e. The fourth-order valence-corrected chi connectivity index (χ4v) is 2.59. The topological polar surface area (TPSA) is 55.8 Å². The van der Waals surface area contributed by atoms with E-state index in [1.165, 1.54) is 25.9 Å². The lowest BCUT2D eigenvalue weighted by molar-refractivity contribution is -0.143. The van der Waals surface area contributed by atoms with Gasteiger partial charge in [0.15, 0.2) is 0 Å². The van der Waals surface area contributed by atoms with Crippen molar-refractivity contribution in [1.29, 1.82) is 0 Å². The molecule has 0 heterocycles. The summed E-state index contributed by atoms with van der Waals surface area (Å²) in [5, 5.41) is 0. The molecule has 0 radical (unpaired) electrons. The van der Waals surface area contributed by atoms with E-state index in [0.717, 1.165) is 16.8 Å². The van der Waals surface area contributed by atoms with Gasteiger partial charge in [-0.3, -0.25) is 0 Å². The van der Waals surface area contributed by atoms with E-state index in [0.29, 0.717) is 6.54 Å². The quantitative estimate of drug-likeness (QED) is 0.345. The van der Waals surface area contributed by atoms with Crippen molar-refractivity contribution in [2.24, 2.45) is 0 Å². The van der Waals surface area contributed by atoms with Crippen LogP contribution in [0.3, 0.4) is 0 Å². The molecule has 2 aromatic rings. The summed E-state index contributed by atoms with van der Waals surface area (Å²) < 4.78 is 9.39. The molecule has 0 saturated carbocycles. The molecule has 0 unspecified atom stereocenters. The van der Waals surface area contributed by atoms with Gasteiger partial charge >= 0.3 is 11.9 Å². The van der Waals surface area contributed by atoms with Gasteiger partial charge < -0.3 is 14.4 Å². The molecule has 2 rings (SSSR count). The third kappa shape index (κ3) is 4.72. The van der Waals surface area contributed by atoms with Gasteiger partial charge in [0.2, 0.25) is 0 Å². The predicted molar refractivity (Wildman–Crippen MR) is 102 cm³/mol. The number of esters is 2. The number of aryl methyl sites for hydroxylation is 1. The van der Waals surface area contributed by atoms with E-state index >= 15 is 0 Å². The summed E-state index contributed by atoms with van der Waals surface area (Å²) in [6.45, 7) is 2.74. The minimum absolute atomic E-state index is 0.147. The van der Waals surface area contributed by atoms with Crippen LogP contribution in [0.1, 0.15) is 16.7 Å². The smallest absolute Gasteiger partial charge is 0.345 e. The molecule has 0 bridgehead atoms. The number of rotatable bonds is 6. The molecule has 0 atom stereocenters. The number of methoxy groups -OCH3 is 2. The van der Waals surface area contributed by atoms with Crippen molar-refractivity contribution < 1.29 is 19.1 Å². The molecule has 26 heavy (non-hydrogen) atoms. The second kappa shape index (κ2) is 8.85. The Labute approximate surface area is 153 Å². The van der Waals surface area contributed by atoms with Gasteiger partial charge in [-0.2, -0.15) is 0 Å². The summed E-state index contributed by atoms with van der Waals surface area (Å²) in [5.74, 6) is -1.46. The van der Waals surface area contributed by atoms with Gasteiger partial charge in [-0.25, -0.2) is 9.59 Å². The highest BCUT2D eigenvalue weighted by Gasteiger charge is 2.20. The zero-order chi connectivity index (χ0) is 19.1. The first kappa shape index (κ1) is 19.2. The van der Waals surface area contributed by atoms with Crippen LogP contribution >= 0.6 is 0 Å². The number of hydrogen-bond donors (Lipinski definition) is 0. The molecule has 0 aliphatic rings. The van der Waals surface area contributed by atoms with E-state index in [-0.39, 0.29) is 5.57 Å². The van der Waals surface area contributed by atoms with Gasteiger partial charge in [-0.15, -0.1) is 0 Å². The third-order valence-electron chi connectivity index (χ3n) is 4.00. The number of carbonyl (C=O) groups excluding carboxylic acids is 2. The largest absolute Gasteiger partial charge is 0.465 e. The number of ether oxygens (including phenoxy) is 2. The van der Waals surface area contributed by atoms with Crippen LogP contribution < -0.4 is 4.90 Å². The number of anilines is 1. The van der Waals surface area contributed by atoms with Gasteiger partial charge in [-0.05, 0) is 30.2 Å². The Bertz CT molecular complexity index is 791. The molecule has 0 spiro atoms. The molecule has 0 aliphatic heterocycles. The molecule has 0 aliphatic carbocycles. The highest BCUT2D eigenvalue weighted by Crippen LogP contribution is 2.24. The van der Waals surface area contributed by atoms with Crippen molar-refractivity contribution in [2.45, 2.75) is 13.5 Å². The van der Waals surface area contributed by atoms with Crippen LogP contribution in [-0.2, 0) is 25.6 Å². The van der Waals surface area contributed by atoms with Crippen LogP contribution in [0, 0.1) is 6.92 Å². The number of benzene rings is 2. The van der Waals surface area contributed by atoms with Crippen LogP contribution in [-0.4, -0.2) is 33.2 Å². The van der Waals surface area contributed by atoms with Crippen LogP contribution in [0.5, 0.6) is 0 Å². The third-order valence-corrected chi connectivity index (χ3v) is 4.00. The first-order valence-corrected chi connectivity index (χ1v) is 8.20. The van der Waals surface area contributed by atoms with Crippen LogP contribution in [0.15, 0.2) is 54.1 Å². The summed E-state index contributed by atoms with van der Waals surface area (Å²) in [6.07, 6.45) is 1.50. The monoisotopic (exact) mass is 353 g/mol. The Kier molecular flexibility index (Phi) is 6.55. The molecule has 2 aromatic carbocycles. The molecule has 5 heteroatoms. The Hall–Kier alpha value is -3.08. The lowest BCUT2D eigenvalue weighted by Gasteiger charge is -2.22. The Morgan fingerprint density at radius 3 is 2.12 bits per heavy atom. The molecule has 0 fully saturated rings. The number of para-hydroxylation sites is 1. The van der Waals surface area contributed by atoms with Crippen molar-refractivity contribution in [3.63, 3.8) is 0 Å². The minimum Gasteiger partial charge on any atom is -0.465 e. The average Bonchev–Trinajstić information content (AvgIpc) is 2.67. The van der Waals surface area contributed by atoms with E-state index < -0.39 is 11.9 Å². The van der Waals surface area contributed by atoms with E-state index in [4.69, 9.17) is 9.47 Å². The SMILES string of the molecule is COC(=O)C(=Cc1ccccc1N(C)Cc1ccc(C)cc1)C(=O)OC. The van der Waals surface area contributed by atoms with E-state index in [9.17, 15) is 9.59 Å². The van der Waals surface area contributed by atoms with E-state index in [1.54, 1.807) is 0 Å². The molecule has 136 valence electrons. The molecule has 5 nitrogen and oxygen atoms in total. The van der Waals surface area contributed by atoms with Crippen molar-refractivity contribution in [2.75, 3.05) is 26.2 Å². The molecular weight excluding hydrogens is 330 g/mol. The Morgan fingerprint density at radius 2 is 1.54 bits per heavy atom. The maximum absolute atomic E-state index is 11.9. The predicted octanol–water partition coefficient (Wildman–Crippen LogP) is 3.36. The lowest BCUT2D eigenvalue weighted by atomic mass is 10.1. The Balaban J connectivity index is 2.36. The zero-order valence-corrected chi connectivity index (χ0v) is 15.5. The standard InChI is InChI=1S/C21H23NO4/c1-15-9-11-16(12-10-15)14-22(2)19-8-6-5-7-17(19)13-18(20(23)25-3)21(24)26-4/h5-13H,14H2,1-4H3. The molecule has 0 aromatic heterocycles. The van der Waals surface area contributed by atoms with Crippen molar-refractivity contribution >= 4 is 23.7 Å². The zero-order valence-electron chi connectivity index (χ0n) is 15.5. The fraction of sp³-hybridized carbons (Fsp3) is 0.238. The fourth-order valence-electron chi connectivity index (χ4n) is 2.59. The summed E-state index contributed by atoms with van der Waals surface area (Å²) in [5.41, 5.74) is 3.84. The minimum atomic E-state index is -0.729. The van der Waals surface area contributed by atoms with E-state index in [1.807, 2.05) is 31.3 Å². The molecule has 0 N–H and O–H groups in total. The first-order chi connectivity index (χ1) is 12.5. The molecule has 0 amide bonds. The normalized spacial score (nSPS) is 10.0. The van der Waals surface area contributed by atoms with Crippen LogP contribution in [0.4, 0.5) is 5.69 Å². The van der Waals surface area contributed by atoms with Gasteiger partial charge in [0.05, 0.1) is 14.2 Å². The van der Waals surface area contributed by atoms with Crippen LogP contribution in [0.2, 0.25) is 0 Å². The molecule has 0 saturated heterocycles. The lowest BCUT2D eigenvalue weighted by Crippen LogP contribution is -2.18. The molecular formula is C21H23NO4. The summed E-state index contributed by atoms with van der Waals surface area (Å²) >= 11 is 0. The number of hydrogen-bond acceptors (Lipinski definition) is 5. The van der Waals surface area contributed by atoms with Gasteiger partial charge in [0, 0.05) is 19.3 Å². The highest BCUT2D eigenvalue weighted by atomic mass is 16.5. The number of nitrogens with zero attached hydrogens (tertiary/aromatic N) is 1. The second-order valence-electron chi connectivity index (χ2n) is 5.94. The number of carbonyl (C=O) groups is 2. The highest BCUT2D eigenvalue weighted by molar-refractivity contribution is 6.18. The van der Waals surface area contributed by atoms with Gasteiger partial charge in [0.1, 0.15) is 5.57 Å². The second-order valence-corrected chi connectivity index (χ2v) is 5.94. The van der Waals surface area contributed by atoms with E-state index in [2.05, 4.69) is 36.1 Å². The maximum atomic E-state index is 11.9. The Morgan fingerprint density at radius 1 is 0.962 bits per heavy atom.